The highest BCUT2D eigenvalue weighted by atomic mass is 16.5. The molecule has 0 aliphatic heterocycles. The molecular weight excluding hydrogens is 226 g/mol. The van der Waals surface area contributed by atoms with Gasteiger partial charge in [-0.1, -0.05) is 45.7 Å². The van der Waals surface area contributed by atoms with Crippen LogP contribution in [0, 0.1) is 5.92 Å². The van der Waals surface area contributed by atoms with Gasteiger partial charge in [-0.3, -0.25) is 0 Å². The molecule has 2 atom stereocenters. The lowest BCUT2D eigenvalue weighted by Crippen LogP contribution is -2.42. The Morgan fingerprint density at radius 3 is 2.83 bits per heavy atom. The molecule has 102 valence electrons. The Morgan fingerprint density at radius 1 is 1.50 bits per heavy atom. The number of nitrogens with zero attached hydrogens (tertiary/aromatic N) is 2. The van der Waals surface area contributed by atoms with E-state index in [2.05, 4.69) is 37.8 Å². The summed E-state index contributed by atoms with van der Waals surface area (Å²) in [7, 11) is 0. The Bertz CT molecular complexity index is 413. The quantitative estimate of drug-likeness (QED) is 0.896. The molecule has 1 fully saturated rings. The first-order chi connectivity index (χ1) is 8.37. The summed E-state index contributed by atoms with van der Waals surface area (Å²) in [4.78, 5) is 4.58. The molecule has 18 heavy (non-hydrogen) atoms. The van der Waals surface area contributed by atoms with Crippen molar-refractivity contribution < 1.29 is 4.52 Å². The second kappa shape index (κ2) is 4.65. The number of nitrogens with two attached hydrogens (primary N) is 1. The molecule has 4 heteroatoms. The molecule has 2 unspecified atom stereocenters. The molecule has 0 aromatic carbocycles. The van der Waals surface area contributed by atoms with Gasteiger partial charge in [0.2, 0.25) is 5.89 Å². The average Bonchev–Trinajstić information content (AvgIpc) is 2.79. The fourth-order valence-corrected chi connectivity index (χ4v) is 2.65. The van der Waals surface area contributed by atoms with Crippen molar-refractivity contribution in [2.75, 3.05) is 0 Å². The number of hydrogen-bond donors (Lipinski definition) is 1. The van der Waals surface area contributed by atoms with Crippen molar-refractivity contribution in [3.05, 3.63) is 11.7 Å². The number of aromatic nitrogens is 2. The lowest BCUT2D eigenvalue weighted by Gasteiger charge is -2.33. The van der Waals surface area contributed by atoms with E-state index in [1.165, 1.54) is 6.42 Å². The molecule has 1 aliphatic rings. The van der Waals surface area contributed by atoms with E-state index in [-0.39, 0.29) is 11.0 Å². The summed E-state index contributed by atoms with van der Waals surface area (Å²) in [6, 6.07) is 0. The van der Waals surface area contributed by atoms with E-state index >= 15 is 0 Å². The van der Waals surface area contributed by atoms with Crippen LogP contribution in [-0.2, 0) is 11.0 Å². The molecule has 1 aliphatic carbocycles. The summed E-state index contributed by atoms with van der Waals surface area (Å²) in [6.07, 6.45) is 5.30. The molecule has 0 bridgehead atoms. The fraction of sp³-hybridized carbons (Fsp3) is 0.857. The highest BCUT2D eigenvalue weighted by Crippen LogP contribution is 2.37. The molecule has 0 radical (unpaired) electrons. The van der Waals surface area contributed by atoms with Crippen molar-refractivity contribution in [1.82, 2.24) is 10.1 Å². The normalized spacial score (nSPS) is 29.5. The van der Waals surface area contributed by atoms with E-state index in [0.717, 1.165) is 25.7 Å². The Labute approximate surface area is 109 Å². The first-order valence-electron chi connectivity index (χ1n) is 7.01. The van der Waals surface area contributed by atoms with E-state index in [4.69, 9.17) is 10.3 Å². The minimum atomic E-state index is -0.386. The van der Waals surface area contributed by atoms with Gasteiger partial charge in [-0.15, -0.1) is 0 Å². The lowest BCUT2D eigenvalue weighted by atomic mass is 9.76. The monoisotopic (exact) mass is 251 g/mol. The molecule has 4 nitrogen and oxygen atoms in total. The molecular formula is C14H25N3O. The predicted octanol–water partition coefficient (Wildman–Crippen LogP) is 3.12. The highest BCUT2D eigenvalue weighted by Gasteiger charge is 2.38. The zero-order valence-electron chi connectivity index (χ0n) is 12.0. The van der Waals surface area contributed by atoms with Gasteiger partial charge in [0, 0.05) is 5.41 Å². The Morgan fingerprint density at radius 2 is 2.22 bits per heavy atom. The van der Waals surface area contributed by atoms with Gasteiger partial charge in [0.25, 0.3) is 0 Å². The summed E-state index contributed by atoms with van der Waals surface area (Å²) < 4.78 is 5.43. The Hall–Kier alpha value is -0.900. The second-order valence-electron chi connectivity index (χ2n) is 6.52. The molecule has 0 spiro atoms. The van der Waals surface area contributed by atoms with Crippen LogP contribution in [0.3, 0.4) is 0 Å². The van der Waals surface area contributed by atoms with Gasteiger partial charge in [0.15, 0.2) is 5.82 Å². The maximum absolute atomic E-state index is 6.48. The first-order valence-corrected chi connectivity index (χ1v) is 7.01. The van der Waals surface area contributed by atoms with Gasteiger partial charge in [-0.25, -0.2) is 0 Å². The number of hydrogen-bond acceptors (Lipinski definition) is 4. The van der Waals surface area contributed by atoms with E-state index in [1.54, 1.807) is 0 Å². The summed E-state index contributed by atoms with van der Waals surface area (Å²) in [6.45, 7) is 8.62. The zero-order chi connectivity index (χ0) is 13.4. The van der Waals surface area contributed by atoms with E-state index in [0.29, 0.717) is 17.6 Å². The fourth-order valence-electron chi connectivity index (χ4n) is 2.65. The van der Waals surface area contributed by atoms with Crippen molar-refractivity contribution in [3.63, 3.8) is 0 Å². The predicted molar refractivity (Wildman–Crippen MR) is 71.1 cm³/mol. The van der Waals surface area contributed by atoms with Crippen molar-refractivity contribution in [3.8, 4) is 0 Å². The third-order valence-corrected chi connectivity index (χ3v) is 4.37. The summed E-state index contributed by atoms with van der Waals surface area (Å²) in [5.74, 6) is 2.05. The molecule has 1 aromatic rings. The van der Waals surface area contributed by atoms with Crippen LogP contribution in [0.2, 0.25) is 0 Å². The van der Waals surface area contributed by atoms with Crippen LogP contribution in [0.15, 0.2) is 4.52 Å². The minimum Gasteiger partial charge on any atom is -0.339 e. The first kappa shape index (κ1) is 13.5. The summed E-state index contributed by atoms with van der Waals surface area (Å²) >= 11 is 0. The average molecular weight is 251 g/mol. The Kier molecular flexibility index (Phi) is 3.49. The van der Waals surface area contributed by atoms with Gasteiger partial charge in [-0.05, 0) is 25.2 Å². The van der Waals surface area contributed by atoms with Crippen molar-refractivity contribution in [2.24, 2.45) is 11.7 Å². The van der Waals surface area contributed by atoms with Gasteiger partial charge >= 0.3 is 0 Å². The molecule has 1 aromatic heterocycles. The van der Waals surface area contributed by atoms with Crippen molar-refractivity contribution >= 4 is 0 Å². The Balaban J connectivity index is 2.24. The van der Waals surface area contributed by atoms with Crippen molar-refractivity contribution in [2.45, 2.75) is 70.8 Å². The third-order valence-electron chi connectivity index (χ3n) is 4.37. The van der Waals surface area contributed by atoms with Crippen molar-refractivity contribution in [1.29, 1.82) is 0 Å². The lowest BCUT2D eigenvalue weighted by molar-refractivity contribution is 0.220. The van der Waals surface area contributed by atoms with E-state index in [1.807, 2.05) is 0 Å². The second-order valence-corrected chi connectivity index (χ2v) is 6.52. The van der Waals surface area contributed by atoms with Gasteiger partial charge < -0.3 is 10.3 Å². The molecule has 0 amide bonds. The zero-order valence-corrected chi connectivity index (χ0v) is 12.0. The van der Waals surface area contributed by atoms with Gasteiger partial charge in [-0.2, -0.15) is 4.98 Å². The minimum absolute atomic E-state index is 0.0676. The molecule has 2 N–H and O–H groups in total. The van der Waals surface area contributed by atoms with Crippen LogP contribution in [0.25, 0.3) is 0 Å². The van der Waals surface area contributed by atoms with Crippen LogP contribution in [0.4, 0.5) is 0 Å². The van der Waals surface area contributed by atoms with Gasteiger partial charge in [0.1, 0.15) is 0 Å². The standard InChI is InChI=1S/C14H25N3O/c1-5-13(3,4)12-16-11(17-18-12)14(15)8-6-7-10(2)9-14/h10H,5-9,15H2,1-4H3. The number of rotatable bonds is 3. The smallest absolute Gasteiger partial charge is 0.232 e. The highest BCUT2D eigenvalue weighted by molar-refractivity contribution is 5.09. The molecule has 1 heterocycles. The van der Waals surface area contributed by atoms with Crippen LogP contribution in [-0.4, -0.2) is 10.1 Å². The SMILES string of the molecule is CCC(C)(C)c1nc(C2(N)CCCC(C)C2)no1. The summed E-state index contributed by atoms with van der Waals surface area (Å²) in [5.41, 5.74) is 6.03. The topological polar surface area (TPSA) is 64.9 Å². The van der Waals surface area contributed by atoms with Crippen LogP contribution >= 0.6 is 0 Å². The van der Waals surface area contributed by atoms with E-state index in [9.17, 15) is 0 Å². The maximum atomic E-state index is 6.48. The van der Waals surface area contributed by atoms with E-state index < -0.39 is 0 Å². The summed E-state index contributed by atoms with van der Waals surface area (Å²) in [5, 5.41) is 4.15. The molecule has 1 saturated carbocycles. The molecule has 2 rings (SSSR count). The maximum Gasteiger partial charge on any atom is 0.232 e. The molecule has 0 saturated heterocycles. The van der Waals surface area contributed by atoms with Gasteiger partial charge in [0.05, 0.1) is 5.54 Å². The van der Waals surface area contributed by atoms with Crippen LogP contribution in [0.5, 0.6) is 0 Å². The van der Waals surface area contributed by atoms with Crippen LogP contribution in [0.1, 0.15) is 71.5 Å². The van der Waals surface area contributed by atoms with Crippen LogP contribution < -0.4 is 5.73 Å². The largest absolute Gasteiger partial charge is 0.339 e. The third kappa shape index (κ3) is 2.44.